The molecular formula is C16H30N2O2. The summed E-state index contributed by atoms with van der Waals surface area (Å²) in [6, 6.07) is 2.38. The molecule has 0 spiro atoms. The molecule has 116 valence electrons. The number of amides is 1. The summed E-state index contributed by atoms with van der Waals surface area (Å²) in [5.41, 5.74) is 4.82. The number of carbonyl (C=O) groups is 1. The molecule has 0 saturated heterocycles. The van der Waals surface area contributed by atoms with Crippen molar-refractivity contribution in [3.05, 3.63) is 0 Å². The van der Waals surface area contributed by atoms with Crippen molar-refractivity contribution in [1.29, 1.82) is 5.26 Å². The Morgan fingerprint density at radius 2 is 1.90 bits per heavy atom. The molecule has 1 aliphatic carbocycles. The van der Waals surface area contributed by atoms with Crippen LogP contribution in [0, 0.1) is 22.7 Å². The molecule has 1 amide bonds. The molecule has 0 aromatic carbocycles. The van der Waals surface area contributed by atoms with Gasteiger partial charge in [0.05, 0.1) is 6.07 Å². The number of nitrogens with two attached hydrogens (primary N) is 1. The standard InChI is InChI=1S/C11H19N.C5H11NO2/c1-3-6-11(2)7-4-10(9-12)5-8-11;1-5(2,3)8-4(6)7/h10H,3-8H2,1-2H3;1-3H3,(H2,6,7). The smallest absolute Gasteiger partial charge is 0.405 e. The van der Waals surface area contributed by atoms with Gasteiger partial charge in [-0.15, -0.1) is 0 Å². The van der Waals surface area contributed by atoms with E-state index in [4.69, 9.17) is 11.0 Å². The van der Waals surface area contributed by atoms with Crippen LogP contribution in [0.15, 0.2) is 0 Å². The summed E-state index contributed by atoms with van der Waals surface area (Å²) in [5, 5.41) is 8.74. The van der Waals surface area contributed by atoms with Gasteiger partial charge in [-0.05, 0) is 58.3 Å². The number of hydrogen-bond acceptors (Lipinski definition) is 3. The molecule has 0 aromatic heterocycles. The first kappa shape index (κ1) is 18.8. The fourth-order valence-corrected chi connectivity index (χ4v) is 2.60. The van der Waals surface area contributed by atoms with E-state index >= 15 is 0 Å². The topological polar surface area (TPSA) is 76.1 Å². The van der Waals surface area contributed by atoms with Crippen molar-refractivity contribution in [2.24, 2.45) is 17.1 Å². The fourth-order valence-electron chi connectivity index (χ4n) is 2.60. The van der Waals surface area contributed by atoms with E-state index in [1.165, 1.54) is 25.7 Å². The van der Waals surface area contributed by atoms with E-state index in [-0.39, 0.29) is 0 Å². The van der Waals surface area contributed by atoms with Gasteiger partial charge in [-0.1, -0.05) is 20.3 Å². The number of ether oxygens (including phenoxy) is 1. The maximum atomic E-state index is 10.0. The highest BCUT2D eigenvalue weighted by atomic mass is 16.6. The third kappa shape index (κ3) is 8.79. The summed E-state index contributed by atoms with van der Waals surface area (Å²) in [5.74, 6) is 0.356. The van der Waals surface area contributed by atoms with Crippen LogP contribution in [0.3, 0.4) is 0 Å². The minimum absolute atomic E-state index is 0.356. The lowest BCUT2D eigenvalue weighted by Crippen LogP contribution is -2.27. The van der Waals surface area contributed by atoms with Crippen LogP contribution in [-0.2, 0) is 4.74 Å². The van der Waals surface area contributed by atoms with Gasteiger partial charge in [-0.25, -0.2) is 4.79 Å². The summed E-state index contributed by atoms with van der Waals surface area (Å²) in [6.07, 6.45) is 6.69. The second-order valence-electron chi connectivity index (χ2n) is 7.00. The Morgan fingerprint density at radius 1 is 1.40 bits per heavy atom. The summed E-state index contributed by atoms with van der Waals surface area (Å²) in [6.45, 7) is 9.92. The number of nitriles is 1. The second-order valence-corrected chi connectivity index (χ2v) is 7.00. The van der Waals surface area contributed by atoms with Gasteiger partial charge in [0, 0.05) is 5.92 Å². The summed E-state index contributed by atoms with van der Waals surface area (Å²) < 4.78 is 4.58. The SMILES string of the molecule is CC(C)(C)OC(N)=O.CCCC1(C)CCC(C#N)CC1. The molecule has 0 bridgehead atoms. The van der Waals surface area contributed by atoms with E-state index in [9.17, 15) is 4.79 Å². The van der Waals surface area contributed by atoms with Gasteiger partial charge >= 0.3 is 6.09 Å². The van der Waals surface area contributed by atoms with Gasteiger partial charge in [-0.2, -0.15) is 5.26 Å². The van der Waals surface area contributed by atoms with Crippen LogP contribution in [0.1, 0.15) is 73.1 Å². The molecule has 0 aromatic rings. The molecule has 4 heteroatoms. The van der Waals surface area contributed by atoms with Crippen LogP contribution in [0.5, 0.6) is 0 Å². The molecule has 1 saturated carbocycles. The average Bonchev–Trinajstić information content (AvgIpc) is 2.27. The number of nitrogens with zero attached hydrogens (tertiary/aromatic N) is 1. The molecule has 1 rings (SSSR count). The second kappa shape index (κ2) is 8.14. The molecule has 0 radical (unpaired) electrons. The Morgan fingerprint density at radius 3 is 2.15 bits per heavy atom. The lowest BCUT2D eigenvalue weighted by Gasteiger charge is -2.35. The summed E-state index contributed by atoms with van der Waals surface area (Å²) >= 11 is 0. The third-order valence-electron chi connectivity index (χ3n) is 3.64. The Hall–Kier alpha value is -1.24. The highest BCUT2D eigenvalue weighted by Crippen LogP contribution is 2.41. The molecular weight excluding hydrogens is 252 g/mol. The highest BCUT2D eigenvalue weighted by Gasteiger charge is 2.29. The molecule has 1 aliphatic rings. The largest absolute Gasteiger partial charge is 0.444 e. The van der Waals surface area contributed by atoms with Gasteiger partial charge < -0.3 is 10.5 Å². The van der Waals surface area contributed by atoms with Crippen molar-refractivity contribution >= 4 is 6.09 Å². The Bertz CT molecular complexity index is 331. The van der Waals surface area contributed by atoms with Crippen LogP contribution in [0.4, 0.5) is 4.79 Å². The zero-order chi connectivity index (χ0) is 15.8. The Labute approximate surface area is 123 Å². The van der Waals surface area contributed by atoms with Gasteiger partial charge in [0.1, 0.15) is 5.60 Å². The predicted octanol–water partition coefficient (Wildman–Crippen LogP) is 4.39. The van der Waals surface area contributed by atoms with Crippen LogP contribution < -0.4 is 5.73 Å². The minimum Gasteiger partial charge on any atom is -0.444 e. The predicted molar refractivity (Wildman–Crippen MR) is 81.0 cm³/mol. The van der Waals surface area contributed by atoms with Gasteiger partial charge in [0.2, 0.25) is 0 Å². The first-order chi connectivity index (χ1) is 9.12. The highest BCUT2D eigenvalue weighted by molar-refractivity contribution is 5.65. The maximum Gasteiger partial charge on any atom is 0.405 e. The molecule has 20 heavy (non-hydrogen) atoms. The number of hydrogen-bond donors (Lipinski definition) is 1. The van der Waals surface area contributed by atoms with E-state index in [2.05, 4.69) is 24.7 Å². The lowest BCUT2D eigenvalue weighted by atomic mass is 9.70. The average molecular weight is 282 g/mol. The zero-order valence-electron chi connectivity index (χ0n) is 13.7. The lowest BCUT2D eigenvalue weighted by molar-refractivity contribution is 0.0600. The van der Waals surface area contributed by atoms with E-state index < -0.39 is 11.7 Å². The van der Waals surface area contributed by atoms with E-state index in [0.29, 0.717) is 11.3 Å². The molecule has 0 unspecified atom stereocenters. The van der Waals surface area contributed by atoms with Crippen molar-refractivity contribution < 1.29 is 9.53 Å². The molecule has 1 fully saturated rings. The Kier molecular flexibility index (Phi) is 7.63. The van der Waals surface area contributed by atoms with Crippen molar-refractivity contribution in [1.82, 2.24) is 0 Å². The fraction of sp³-hybridized carbons (Fsp3) is 0.875. The first-order valence-corrected chi connectivity index (χ1v) is 7.50. The van der Waals surface area contributed by atoms with Crippen LogP contribution in [-0.4, -0.2) is 11.7 Å². The minimum atomic E-state index is -0.725. The van der Waals surface area contributed by atoms with Crippen LogP contribution in [0.25, 0.3) is 0 Å². The van der Waals surface area contributed by atoms with E-state index in [0.717, 1.165) is 12.8 Å². The number of rotatable bonds is 2. The van der Waals surface area contributed by atoms with Gasteiger partial charge in [0.15, 0.2) is 0 Å². The monoisotopic (exact) mass is 282 g/mol. The van der Waals surface area contributed by atoms with Crippen molar-refractivity contribution in [2.75, 3.05) is 0 Å². The van der Waals surface area contributed by atoms with E-state index in [1.807, 2.05) is 0 Å². The molecule has 0 heterocycles. The Balaban J connectivity index is 0.000000396. The van der Waals surface area contributed by atoms with Crippen LogP contribution >= 0.6 is 0 Å². The quantitative estimate of drug-likeness (QED) is 0.816. The summed E-state index contributed by atoms with van der Waals surface area (Å²) in [4.78, 5) is 10.0. The summed E-state index contributed by atoms with van der Waals surface area (Å²) in [7, 11) is 0. The molecule has 0 atom stereocenters. The van der Waals surface area contributed by atoms with Gasteiger partial charge in [0.25, 0.3) is 0 Å². The van der Waals surface area contributed by atoms with Crippen molar-refractivity contribution in [3.8, 4) is 6.07 Å². The van der Waals surface area contributed by atoms with Crippen molar-refractivity contribution in [2.45, 2.75) is 78.7 Å². The first-order valence-electron chi connectivity index (χ1n) is 7.50. The number of primary amides is 1. The zero-order valence-corrected chi connectivity index (χ0v) is 13.7. The molecule has 0 aliphatic heterocycles. The van der Waals surface area contributed by atoms with E-state index in [1.54, 1.807) is 20.8 Å². The molecule has 2 N–H and O–H groups in total. The molecule has 4 nitrogen and oxygen atoms in total. The maximum absolute atomic E-state index is 10.0. The normalized spacial score (nSPS) is 25.9. The van der Waals surface area contributed by atoms with Crippen LogP contribution in [0.2, 0.25) is 0 Å². The number of carbonyl (C=O) groups excluding carboxylic acids is 1. The van der Waals surface area contributed by atoms with Gasteiger partial charge in [-0.3, -0.25) is 0 Å². The third-order valence-corrected chi connectivity index (χ3v) is 3.64. The van der Waals surface area contributed by atoms with Crippen molar-refractivity contribution in [3.63, 3.8) is 0 Å².